The average molecular weight is 328 g/mol. The van der Waals surface area contributed by atoms with Crippen LogP contribution in [0.15, 0.2) is 0 Å². The number of rotatable bonds is 19. The van der Waals surface area contributed by atoms with Crippen LogP contribution >= 0.6 is 0 Å². The van der Waals surface area contributed by atoms with E-state index in [2.05, 4.69) is 0 Å². The summed E-state index contributed by atoms with van der Waals surface area (Å²) >= 11 is 0. The summed E-state index contributed by atoms with van der Waals surface area (Å²) in [4.78, 5) is 0. The smallest absolute Gasteiger partial charge is 0.113 e. The molecule has 0 aromatic rings. The molecule has 0 aliphatic rings. The highest BCUT2D eigenvalue weighted by Crippen LogP contribution is 1.84. The van der Waals surface area contributed by atoms with Gasteiger partial charge in [0.15, 0.2) is 0 Å². The van der Waals surface area contributed by atoms with E-state index in [1.807, 2.05) is 0 Å². The Hall–Kier alpha value is -0.350. The zero-order valence-electron chi connectivity index (χ0n) is 13.2. The highest BCUT2D eigenvalue weighted by molar-refractivity contribution is 4.36. The fourth-order valence-corrected chi connectivity index (χ4v) is 1.32. The van der Waals surface area contributed by atoms with Crippen LogP contribution in [0.3, 0.4) is 0 Å². The molecule has 0 fully saturated rings. The Balaban J connectivity index is 2.91. The fourth-order valence-electron chi connectivity index (χ4n) is 1.32. The third-order valence-corrected chi connectivity index (χ3v) is 2.32. The lowest BCUT2D eigenvalue weighted by molar-refractivity contribution is -0.0185. The highest BCUT2D eigenvalue weighted by atomic mass is 19.1. The molecule has 0 aromatic carbocycles. The van der Waals surface area contributed by atoms with Gasteiger partial charge in [-0.2, -0.15) is 0 Å². The average Bonchev–Trinajstić information content (AvgIpc) is 2.54. The Morgan fingerprint density at radius 3 is 1.00 bits per heavy atom. The molecule has 0 aliphatic heterocycles. The first-order valence-corrected chi connectivity index (χ1v) is 7.55. The lowest BCUT2D eigenvalue weighted by atomic mass is 10.7. The molecule has 0 aromatic heterocycles. The van der Waals surface area contributed by atoms with Gasteiger partial charge in [-0.1, -0.05) is 0 Å². The summed E-state index contributed by atoms with van der Waals surface area (Å²) in [6.07, 6.45) is 0. The summed E-state index contributed by atoms with van der Waals surface area (Å²) in [5, 5.41) is 8.48. The van der Waals surface area contributed by atoms with Crippen molar-refractivity contribution in [2.24, 2.45) is 0 Å². The van der Waals surface area contributed by atoms with Crippen LogP contribution in [0, 0.1) is 0 Å². The quantitative estimate of drug-likeness (QED) is 0.336. The molecule has 0 heterocycles. The van der Waals surface area contributed by atoms with Crippen LogP contribution in [0.4, 0.5) is 4.39 Å². The van der Waals surface area contributed by atoms with Crippen LogP contribution in [0.5, 0.6) is 0 Å². The van der Waals surface area contributed by atoms with E-state index in [0.29, 0.717) is 72.7 Å². The Morgan fingerprint density at radius 1 is 0.455 bits per heavy atom. The normalized spacial score (nSPS) is 11.2. The number of ether oxygens (including phenoxy) is 6. The van der Waals surface area contributed by atoms with E-state index in [0.717, 1.165) is 0 Å². The van der Waals surface area contributed by atoms with Crippen molar-refractivity contribution in [2.75, 3.05) is 92.6 Å². The van der Waals surface area contributed by atoms with Gasteiger partial charge in [0.1, 0.15) is 6.67 Å². The van der Waals surface area contributed by atoms with E-state index in [-0.39, 0.29) is 13.2 Å². The largest absolute Gasteiger partial charge is 0.394 e. The van der Waals surface area contributed by atoms with Crippen molar-refractivity contribution >= 4 is 0 Å². The summed E-state index contributed by atoms with van der Waals surface area (Å²) in [7, 11) is 0. The zero-order valence-corrected chi connectivity index (χ0v) is 13.2. The predicted molar refractivity (Wildman–Crippen MR) is 78.0 cm³/mol. The zero-order chi connectivity index (χ0) is 16.1. The van der Waals surface area contributed by atoms with Gasteiger partial charge in [0, 0.05) is 0 Å². The minimum absolute atomic E-state index is 0.0288. The van der Waals surface area contributed by atoms with Gasteiger partial charge >= 0.3 is 0 Å². The molecule has 0 radical (unpaired) electrons. The second kappa shape index (κ2) is 20.6. The lowest BCUT2D eigenvalue weighted by Crippen LogP contribution is -2.14. The van der Waals surface area contributed by atoms with Crippen LogP contribution in [0.2, 0.25) is 0 Å². The van der Waals surface area contributed by atoms with Crippen molar-refractivity contribution in [3.8, 4) is 0 Å². The second-order valence-electron chi connectivity index (χ2n) is 4.09. The molecule has 0 atom stereocenters. The summed E-state index contributed by atoms with van der Waals surface area (Å²) in [5.74, 6) is 0. The number of aliphatic hydroxyl groups is 1. The number of alkyl halides is 1. The van der Waals surface area contributed by atoms with Gasteiger partial charge in [-0.05, 0) is 0 Å². The lowest BCUT2D eigenvalue weighted by Gasteiger charge is -2.07. The van der Waals surface area contributed by atoms with Gasteiger partial charge in [-0.15, -0.1) is 0 Å². The van der Waals surface area contributed by atoms with Crippen LogP contribution < -0.4 is 0 Å². The number of aliphatic hydroxyl groups excluding tert-OH is 1. The molecule has 0 spiro atoms. The maximum atomic E-state index is 11.7. The van der Waals surface area contributed by atoms with Gasteiger partial charge in [0.05, 0.1) is 85.9 Å². The summed E-state index contributed by atoms with van der Waals surface area (Å²) in [6, 6.07) is 0. The molecule has 0 saturated carbocycles. The molecule has 134 valence electrons. The first-order chi connectivity index (χ1) is 10.9. The monoisotopic (exact) mass is 328 g/mol. The van der Waals surface area contributed by atoms with Crippen LogP contribution in [0.1, 0.15) is 0 Å². The van der Waals surface area contributed by atoms with Crippen molar-refractivity contribution in [3.63, 3.8) is 0 Å². The molecular weight excluding hydrogens is 299 g/mol. The standard InChI is InChI=1S/C14H29FO7/c15-1-3-17-5-7-19-9-11-21-13-14-22-12-10-20-8-6-18-4-2-16/h16H,1-14H2. The van der Waals surface area contributed by atoms with E-state index < -0.39 is 6.67 Å². The van der Waals surface area contributed by atoms with E-state index in [1.165, 1.54) is 0 Å². The van der Waals surface area contributed by atoms with E-state index in [1.54, 1.807) is 0 Å². The minimum Gasteiger partial charge on any atom is -0.394 e. The SMILES string of the molecule is OCCOCCOCCOCCOCCOCCOCCF. The van der Waals surface area contributed by atoms with E-state index in [9.17, 15) is 4.39 Å². The number of hydrogen-bond donors (Lipinski definition) is 1. The molecule has 22 heavy (non-hydrogen) atoms. The van der Waals surface area contributed by atoms with E-state index in [4.69, 9.17) is 33.5 Å². The molecule has 0 bridgehead atoms. The third kappa shape index (κ3) is 19.7. The molecule has 8 heteroatoms. The van der Waals surface area contributed by atoms with Crippen LogP contribution in [-0.4, -0.2) is 97.7 Å². The molecule has 1 N–H and O–H groups in total. The first-order valence-electron chi connectivity index (χ1n) is 7.55. The Labute approximate surface area is 131 Å². The van der Waals surface area contributed by atoms with Crippen LogP contribution in [-0.2, 0) is 28.4 Å². The molecule has 0 unspecified atom stereocenters. The Morgan fingerprint density at radius 2 is 0.727 bits per heavy atom. The van der Waals surface area contributed by atoms with Gasteiger partial charge in [0.25, 0.3) is 0 Å². The summed E-state index contributed by atoms with van der Waals surface area (Å²) in [6.45, 7) is 4.82. The van der Waals surface area contributed by atoms with Crippen molar-refractivity contribution < 1.29 is 37.9 Å². The maximum absolute atomic E-state index is 11.7. The van der Waals surface area contributed by atoms with Crippen molar-refractivity contribution in [2.45, 2.75) is 0 Å². The molecule has 0 amide bonds. The first kappa shape index (κ1) is 21.6. The van der Waals surface area contributed by atoms with Crippen LogP contribution in [0.25, 0.3) is 0 Å². The van der Waals surface area contributed by atoms with Gasteiger partial charge in [-0.3, -0.25) is 0 Å². The summed E-state index contributed by atoms with van der Waals surface area (Å²) < 4.78 is 42.7. The Kier molecular flexibility index (Phi) is 20.3. The maximum Gasteiger partial charge on any atom is 0.113 e. The molecule has 7 nitrogen and oxygen atoms in total. The van der Waals surface area contributed by atoms with Gasteiger partial charge in [0.2, 0.25) is 0 Å². The van der Waals surface area contributed by atoms with Crippen molar-refractivity contribution in [3.05, 3.63) is 0 Å². The molecular formula is C14H29FO7. The number of halogens is 1. The van der Waals surface area contributed by atoms with Crippen molar-refractivity contribution in [1.29, 1.82) is 0 Å². The number of hydrogen-bond acceptors (Lipinski definition) is 7. The molecule has 0 saturated heterocycles. The van der Waals surface area contributed by atoms with Gasteiger partial charge in [-0.25, -0.2) is 4.39 Å². The minimum atomic E-state index is -0.467. The Bertz CT molecular complexity index is 178. The van der Waals surface area contributed by atoms with E-state index >= 15 is 0 Å². The predicted octanol–water partition coefficient (Wildman–Crippen LogP) is 0.0478. The van der Waals surface area contributed by atoms with Crippen molar-refractivity contribution in [1.82, 2.24) is 0 Å². The highest BCUT2D eigenvalue weighted by Gasteiger charge is 1.93. The third-order valence-electron chi connectivity index (χ3n) is 2.32. The molecule has 0 rings (SSSR count). The summed E-state index contributed by atoms with van der Waals surface area (Å²) in [5.41, 5.74) is 0. The molecule has 0 aliphatic carbocycles. The topological polar surface area (TPSA) is 75.6 Å². The van der Waals surface area contributed by atoms with Gasteiger partial charge < -0.3 is 33.5 Å². The second-order valence-corrected chi connectivity index (χ2v) is 4.09. The fraction of sp³-hybridized carbons (Fsp3) is 1.00.